The lowest BCUT2D eigenvalue weighted by Crippen LogP contribution is -2.29. The van der Waals surface area contributed by atoms with Gasteiger partial charge in [-0.15, -0.1) is 0 Å². The number of fused-ring (bicyclic) bond motifs is 1. The van der Waals surface area contributed by atoms with E-state index in [0.717, 1.165) is 21.3 Å². The van der Waals surface area contributed by atoms with Crippen LogP contribution in [0.3, 0.4) is 0 Å². The minimum absolute atomic E-state index is 0.134. The van der Waals surface area contributed by atoms with Crippen LogP contribution in [0.15, 0.2) is 83.3 Å². The first-order chi connectivity index (χ1) is 15.1. The minimum Gasteiger partial charge on any atom is -0.489 e. The number of hydrogen-bond acceptors (Lipinski definition) is 6. The number of esters is 1. The number of benzene rings is 2. The van der Waals surface area contributed by atoms with Crippen LogP contribution in [-0.4, -0.2) is 27.3 Å². The molecule has 0 spiro atoms. The van der Waals surface area contributed by atoms with Gasteiger partial charge in [-0.1, -0.05) is 52.9 Å². The highest BCUT2D eigenvalue weighted by atomic mass is 79.9. The highest BCUT2D eigenvalue weighted by molar-refractivity contribution is 9.10. The molecule has 0 saturated carbocycles. The van der Waals surface area contributed by atoms with Crippen LogP contribution in [0.4, 0.5) is 5.95 Å². The van der Waals surface area contributed by atoms with Gasteiger partial charge in [0.1, 0.15) is 31.3 Å². The number of hydrogen-bond donors (Lipinski definition) is 1. The first-order valence-electron chi connectivity index (χ1n) is 9.69. The second kappa shape index (κ2) is 9.18. The van der Waals surface area contributed by atoms with Crippen molar-refractivity contribution in [2.24, 2.45) is 0 Å². The van der Waals surface area contributed by atoms with Crippen LogP contribution in [0.2, 0.25) is 0 Å². The van der Waals surface area contributed by atoms with Gasteiger partial charge in [-0.05, 0) is 42.3 Å². The molecule has 1 aromatic heterocycles. The van der Waals surface area contributed by atoms with Gasteiger partial charge < -0.3 is 14.8 Å². The largest absolute Gasteiger partial charge is 0.489 e. The van der Waals surface area contributed by atoms with Crippen LogP contribution in [0.1, 0.15) is 24.1 Å². The number of carbonyl (C=O) groups excluding carboxylic acids is 1. The predicted molar refractivity (Wildman–Crippen MR) is 121 cm³/mol. The molecule has 0 fully saturated rings. The molecule has 158 valence electrons. The summed E-state index contributed by atoms with van der Waals surface area (Å²) in [6, 6.07) is 15.1. The predicted octanol–water partition coefficient (Wildman–Crippen LogP) is 4.64. The van der Waals surface area contributed by atoms with E-state index in [1.54, 1.807) is 4.68 Å². The zero-order valence-corrected chi connectivity index (χ0v) is 18.5. The lowest BCUT2D eigenvalue weighted by atomic mass is 9.96. The van der Waals surface area contributed by atoms with Gasteiger partial charge in [0.25, 0.3) is 0 Å². The van der Waals surface area contributed by atoms with E-state index in [4.69, 9.17) is 9.47 Å². The van der Waals surface area contributed by atoms with Gasteiger partial charge in [0.2, 0.25) is 5.95 Å². The quantitative estimate of drug-likeness (QED) is 0.392. The molecule has 2 aromatic carbocycles. The van der Waals surface area contributed by atoms with Gasteiger partial charge in [0, 0.05) is 10.2 Å². The molecule has 1 aliphatic heterocycles. The maximum absolute atomic E-state index is 12.8. The van der Waals surface area contributed by atoms with E-state index >= 15 is 0 Å². The Kier molecular flexibility index (Phi) is 6.18. The van der Waals surface area contributed by atoms with Crippen LogP contribution < -0.4 is 10.1 Å². The van der Waals surface area contributed by atoms with Crippen molar-refractivity contribution in [1.29, 1.82) is 0 Å². The second-order valence-corrected chi connectivity index (χ2v) is 7.88. The Morgan fingerprint density at radius 2 is 1.97 bits per heavy atom. The van der Waals surface area contributed by atoms with Gasteiger partial charge in [-0.25, -0.2) is 9.48 Å². The average molecular weight is 481 g/mol. The second-order valence-electron chi connectivity index (χ2n) is 6.97. The third-order valence-electron chi connectivity index (χ3n) is 4.86. The lowest BCUT2D eigenvalue weighted by molar-refractivity contribution is -0.138. The number of nitrogens with zero attached hydrogens (tertiary/aromatic N) is 3. The number of ether oxygens (including phenoxy) is 2. The summed E-state index contributed by atoms with van der Waals surface area (Å²) in [7, 11) is 0. The molecule has 1 unspecified atom stereocenters. The zero-order valence-electron chi connectivity index (χ0n) is 16.9. The van der Waals surface area contributed by atoms with E-state index in [2.05, 4.69) is 37.9 Å². The van der Waals surface area contributed by atoms with E-state index in [-0.39, 0.29) is 6.61 Å². The smallest absolute Gasteiger partial charge is 0.338 e. The summed E-state index contributed by atoms with van der Waals surface area (Å²) in [5.41, 5.74) is 3.09. The van der Waals surface area contributed by atoms with Gasteiger partial charge in [0.05, 0.1) is 5.57 Å². The van der Waals surface area contributed by atoms with Crippen molar-refractivity contribution < 1.29 is 14.3 Å². The summed E-state index contributed by atoms with van der Waals surface area (Å²) in [6.45, 7) is 6.02. The first kappa shape index (κ1) is 20.9. The summed E-state index contributed by atoms with van der Waals surface area (Å²) in [6.07, 6.45) is 2.99. The Morgan fingerprint density at radius 3 is 2.68 bits per heavy atom. The van der Waals surface area contributed by atoms with Gasteiger partial charge >= 0.3 is 5.97 Å². The van der Waals surface area contributed by atoms with Crippen molar-refractivity contribution in [3.63, 3.8) is 0 Å². The van der Waals surface area contributed by atoms with Gasteiger partial charge in [0.15, 0.2) is 0 Å². The fourth-order valence-corrected chi connectivity index (χ4v) is 3.63. The molecule has 1 atom stereocenters. The van der Waals surface area contributed by atoms with E-state index in [1.807, 2.05) is 55.5 Å². The Labute approximate surface area is 188 Å². The molecule has 0 radical (unpaired) electrons. The maximum atomic E-state index is 12.8. The summed E-state index contributed by atoms with van der Waals surface area (Å²) in [5, 5.41) is 7.43. The normalized spacial score (nSPS) is 15.1. The SMILES string of the molecule is C=CCOC(=O)C1=C(C)Nc2ncnn2C1c1ccc(OCc2ccc(Br)cc2)cc1. The molecular formula is C23H21BrN4O3. The number of anilines is 1. The number of allylic oxidation sites excluding steroid dienone is 1. The third-order valence-corrected chi connectivity index (χ3v) is 5.39. The van der Waals surface area contributed by atoms with E-state index < -0.39 is 12.0 Å². The molecule has 2 heterocycles. The lowest BCUT2D eigenvalue weighted by Gasteiger charge is -2.28. The van der Waals surface area contributed by atoms with Crippen LogP contribution in [0.5, 0.6) is 5.75 Å². The summed E-state index contributed by atoms with van der Waals surface area (Å²) in [5.74, 6) is 0.876. The molecule has 0 bridgehead atoms. The number of nitrogens with one attached hydrogen (secondary N) is 1. The summed E-state index contributed by atoms with van der Waals surface area (Å²) in [4.78, 5) is 17.0. The molecule has 0 saturated heterocycles. The minimum atomic E-state index is -0.461. The van der Waals surface area contributed by atoms with E-state index in [9.17, 15) is 4.79 Å². The van der Waals surface area contributed by atoms with Crippen molar-refractivity contribution in [2.45, 2.75) is 19.6 Å². The third kappa shape index (κ3) is 4.54. The number of carbonyl (C=O) groups is 1. The van der Waals surface area contributed by atoms with Crippen molar-refractivity contribution in [2.75, 3.05) is 11.9 Å². The van der Waals surface area contributed by atoms with Crippen molar-refractivity contribution >= 4 is 27.8 Å². The van der Waals surface area contributed by atoms with Crippen LogP contribution >= 0.6 is 15.9 Å². The maximum Gasteiger partial charge on any atom is 0.338 e. The Balaban J connectivity index is 1.58. The molecule has 7 nitrogen and oxygen atoms in total. The average Bonchev–Trinajstić information content (AvgIpc) is 3.24. The Hall–Kier alpha value is -3.39. The molecule has 1 N–H and O–H groups in total. The molecule has 0 amide bonds. The molecule has 31 heavy (non-hydrogen) atoms. The van der Waals surface area contributed by atoms with Gasteiger partial charge in [-0.3, -0.25) is 0 Å². The van der Waals surface area contributed by atoms with Crippen molar-refractivity contribution in [3.8, 4) is 5.75 Å². The van der Waals surface area contributed by atoms with Crippen molar-refractivity contribution in [3.05, 3.63) is 94.4 Å². The first-order valence-corrected chi connectivity index (χ1v) is 10.5. The van der Waals surface area contributed by atoms with Gasteiger partial charge in [-0.2, -0.15) is 10.1 Å². The molecule has 0 aliphatic carbocycles. The number of rotatable bonds is 7. The molecule has 1 aliphatic rings. The Morgan fingerprint density at radius 1 is 1.23 bits per heavy atom. The number of halogens is 1. The zero-order chi connectivity index (χ0) is 21.8. The van der Waals surface area contributed by atoms with Crippen LogP contribution in [-0.2, 0) is 16.1 Å². The number of aromatic nitrogens is 3. The van der Waals surface area contributed by atoms with Crippen molar-refractivity contribution in [1.82, 2.24) is 14.8 Å². The standard InChI is InChI=1S/C23H21BrN4O3/c1-3-12-30-22(29)20-15(2)27-23-25-14-26-28(23)21(20)17-6-10-19(11-7-17)31-13-16-4-8-18(24)9-5-16/h3-11,14,21H,1,12-13H2,2H3,(H,25,26,27). The van der Waals surface area contributed by atoms with Crippen LogP contribution in [0, 0.1) is 0 Å². The Bertz CT molecular complexity index is 1120. The monoisotopic (exact) mass is 480 g/mol. The fourth-order valence-electron chi connectivity index (χ4n) is 3.37. The summed E-state index contributed by atoms with van der Waals surface area (Å²) >= 11 is 3.43. The molecular weight excluding hydrogens is 460 g/mol. The highest BCUT2D eigenvalue weighted by Gasteiger charge is 2.34. The van der Waals surface area contributed by atoms with E-state index in [0.29, 0.717) is 23.8 Å². The summed E-state index contributed by atoms with van der Waals surface area (Å²) < 4.78 is 13.9. The topological polar surface area (TPSA) is 78.3 Å². The molecule has 8 heteroatoms. The molecule has 4 rings (SSSR count). The van der Waals surface area contributed by atoms with Crippen LogP contribution in [0.25, 0.3) is 0 Å². The molecule has 3 aromatic rings. The highest BCUT2D eigenvalue weighted by Crippen LogP contribution is 2.35. The van der Waals surface area contributed by atoms with E-state index in [1.165, 1.54) is 12.4 Å². The fraction of sp³-hybridized carbons (Fsp3) is 0.174.